The van der Waals surface area contributed by atoms with Gasteiger partial charge in [0.15, 0.2) is 17.4 Å². The van der Waals surface area contributed by atoms with Crippen molar-refractivity contribution in [1.29, 1.82) is 0 Å². The van der Waals surface area contributed by atoms with Gasteiger partial charge in [0.1, 0.15) is 0 Å². The number of methoxy groups -OCH3 is 1. The molecule has 90 valence electrons. The van der Waals surface area contributed by atoms with Crippen molar-refractivity contribution in [2.45, 2.75) is 6.42 Å². The van der Waals surface area contributed by atoms with Crippen molar-refractivity contribution in [2.75, 3.05) is 7.11 Å². The van der Waals surface area contributed by atoms with Gasteiger partial charge >= 0.3 is 5.97 Å². The average Bonchev–Trinajstić information content (AvgIpc) is 2.31. The van der Waals surface area contributed by atoms with Crippen molar-refractivity contribution >= 4 is 11.8 Å². The Morgan fingerprint density at radius 3 is 2.47 bits per heavy atom. The Morgan fingerprint density at radius 1 is 1.29 bits per heavy atom. The number of ether oxygens (including phenoxy) is 1. The second-order valence-corrected chi connectivity index (χ2v) is 3.32. The van der Waals surface area contributed by atoms with Gasteiger partial charge in [-0.1, -0.05) is 6.58 Å². The van der Waals surface area contributed by atoms with Crippen LogP contribution in [0.15, 0.2) is 30.4 Å². The topological polar surface area (TPSA) is 43.4 Å². The normalized spacial score (nSPS) is 9.82. The molecule has 0 aliphatic heterocycles. The molecule has 0 aliphatic rings. The van der Waals surface area contributed by atoms with Crippen LogP contribution in [0.25, 0.3) is 0 Å². The standard InChI is InChI=1S/C12H10F2O3/c1-7(12(16)17-2)5-11(15)8-3-4-9(13)10(14)6-8/h3-4,6H,1,5H2,2H3. The second kappa shape index (κ2) is 5.34. The van der Waals surface area contributed by atoms with Gasteiger partial charge in [0.25, 0.3) is 0 Å². The van der Waals surface area contributed by atoms with E-state index in [1.165, 1.54) is 0 Å². The van der Waals surface area contributed by atoms with E-state index in [0.717, 1.165) is 25.3 Å². The van der Waals surface area contributed by atoms with Crippen molar-refractivity contribution in [1.82, 2.24) is 0 Å². The fraction of sp³-hybridized carbons (Fsp3) is 0.167. The smallest absolute Gasteiger partial charge is 0.333 e. The Balaban J connectivity index is 2.80. The van der Waals surface area contributed by atoms with E-state index in [-0.39, 0.29) is 17.6 Å². The van der Waals surface area contributed by atoms with Crippen molar-refractivity contribution < 1.29 is 23.1 Å². The maximum atomic E-state index is 12.9. The molecule has 0 aromatic heterocycles. The lowest BCUT2D eigenvalue weighted by atomic mass is 10.0. The Hall–Kier alpha value is -2.04. The SMILES string of the molecule is C=C(CC(=O)c1ccc(F)c(F)c1)C(=O)OC. The van der Waals surface area contributed by atoms with Crippen LogP contribution in [-0.4, -0.2) is 18.9 Å². The lowest BCUT2D eigenvalue weighted by Gasteiger charge is -2.03. The van der Waals surface area contributed by atoms with E-state index >= 15 is 0 Å². The molecular formula is C12H10F2O3. The second-order valence-electron chi connectivity index (χ2n) is 3.32. The molecule has 17 heavy (non-hydrogen) atoms. The third-order valence-electron chi connectivity index (χ3n) is 2.09. The molecule has 1 aromatic carbocycles. The Morgan fingerprint density at radius 2 is 1.94 bits per heavy atom. The first kappa shape index (κ1) is 13.0. The van der Waals surface area contributed by atoms with Crippen LogP contribution in [0, 0.1) is 11.6 Å². The molecule has 0 spiro atoms. The molecule has 0 saturated carbocycles. The van der Waals surface area contributed by atoms with E-state index in [4.69, 9.17) is 0 Å². The van der Waals surface area contributed by atoms with Gasteiger partial charge in [-0.2, -0.15) is 0 Å². The summed E-state index contributed by atoms with van der Waals surface area (Å²) in [6.07, 6.45) is -0.294. The number of rotatable bonds is 4. The zero-order chi connectivity index (χ0) is 13.0. The minimum atomic E-state index is -1.11. The summed E-state index contributed by atoms with van der Waals surface area (Å²) in [5, 5.41) is 0. The number of benzene rings is 1. The van der Waals surface area contributed by atoms with E-state index in [9.17, 15) is 18.4 Å². The molecule has 0 unspecified atom stereocenters. The number of carbonyl (C=O) groups excluding carboxylic acids is 2. The van der Waals surface area contributed by atoms with Crippen LogP contribution >= 0.6 is 0 Å². The number of ketones is 1. The predicted molar refractivity (Wildman–Crippen MR) is 56.5 cm³/mol. The van der Waals surface area contributed by atoms with Gasteiger partial charge in [-0.25, -0.2) is 13.6 Å². The number of hydrogen-bond donors (Lipinski definition) is 0. The highest BCUT2D eigenvalue weighted by atomic mass is 19.2. The summed E-state index contributed by atoms with van der Waals surface area (Å²) in [7, 11) is 1.16. The van der Waals surface area contributed by atoms with Gasteiger partial charge < -0.3 is 4.74 Å². The first-order valence-electron chi connectivity index (χ1n) is 4.70. The molecule has 1 rings (SSSR count). The minimum Gasteiger partial charge on any atom is -0.466 e. The van der Waals surface area contributed by atoms with E-state index in [1.54, 1.807) is 0 Å². The maximum absolute atomic E-state index is 12.9. The summed E-state index contributed by atoms with van der Waals surface area (Å²) < 4.78 is 29.9. The molecule has 0 N–H and O–H groups in total. The third-order valence-corrected chi connectivity index (χ3v) is 2.09. The molecule has 3 nitrogen and oxygen atoms in total. The zero-order valence-corrected chi connectivity index (χ0v) is 9.13. The van der Waals surface area contributed by atoms with Crippen LogP contribution in [0.3, 0.4) is 0 Å². The highest BCUT2D eigenvalue weighted by Gasteiger charge is 2.15. The molecule has 0 atom stereocenters. The van der Waals surface area contributed by atoms with Crippen molar-refractivity contribution in [3.05, 3.63) is 47.5 Å². The van der Waals surface area contributed by atoms with E-state index in [2.05, 4.69) is 11.3 Å². The lowest BCUT2D eigenvalue weighted by Crippen LogP contribution is -2.09. The maximum Gasteiger partial charge on any atom is 0.333 e. The quantitative estimate of drug-likeness (QED) is 0.460. The molecule has 1 aromatic rings. The van der Waals surface area contributed by atoms with Gasteiger partial charge in [0, 0.05) is 17.6 Å². The van der Waals surface area contributed by atoms with Gasteiger partial charge in [0.05, 0.1) is 7.11 Å². The molecule has 0 radical (unpaired) electrons. The summed E-state index contributed by atoms with van der Waals surface area (Å²) >= 11 is 0. The lowest BCUT2D eigenvalue weighted by molar-refractivity contribution is -0.136. The summed E-state index contributed by atoms with van der Waals surface area (Å²) in [5.41, 5.74) is -0.0591. The van der Waals surface area contributed by atoms with Crippen molar-refractivity contribution in [3.8, 4) is 0 Å². The van der Waals surface area contributed by atoms with E-state index in [0.29, 0.717) is 0 Å². The van der Waals surface area contributed by atoms with E-state index in [1.807, 2.05) is 0 Å². The Kier molecular flexibility index (Phi) is 4.09. The molecular weight excluding hydrogens is 230 g/mol. The minimum absolute atomic E-state index is 0.0195. The van der Waals surface area contributed by atoms with Gasteiger partial charge in [-0.05, 0) is 18.2 Å². The molecule has 0 aliphatic carbocycles. The van der Waals surface area contributed by atoms with E-state index < -0.39 is 23.4 Å². The summed E-state index contributed by atoms with van der Waals surface area (Å²) in [5.74, 6) is -3.38. The zero-order valence-electron chi connectivity index (χ0n) is 9.13. The average molecular weight is 240 g/mol. The number of esters is 1. The van der Waals surface area contributed by atoms with Crippen LogP contribution in [0.1, 0.15) is 16.8 Å². The van der Waals surface area contributed by atoms with Gasteiger partial charge in [-0.3, -0.25) is 4.79 Å². The molecule has 0 heterocycles. The number of hydrogen-bond acceptors (Lipinski definition) is 3. The summed E-state index contributed by atoms with van der Waals surface area (Å²) in [6.45, 7) is 3.37. The Labute approximate surface area is 96.7 Å². The molecule has 0 amide bonds. The highest BCUT2D eigenvalue weighted by Crippen LogP contribution is 2.13. The van der Waals surface area contributed by atoms with Gasteiger partial charge in [-0.15, -0.1) is 0 Å². The fourth-order valence-corrected chi connectivity index (χ4v) is 1.18. The predicted octanol–water partition coefficient (Wildman–Crippen LogP) is 2.27. The monoisotopic (exact) mass is 240 g/mol. The summed E-state index contributed by atoms with van der Waals surface area (Å²) in [6, 6.07) is 2.77. The highest BCUT2D eigenvalue weighted by molar-refractivity contribution is 6.03. The molecule has 0 bridgehead atoms. The molecule has 0 fully saturated rings. The number of halogens is 2. The van der Waals surface area contributed by atoms with Crippen LogP contribution in [0.4, 0.5) is 8.78 Å². The van der Waals surface area contributed by atoms with Crippen molar-refractivity contribution in [3.63, 3.8) is 0 Å². The Bertz CT molecular complexity index is 481. The first-order valence-corrected chi connectivity index (χ1v) is 4.70. The summed E-state index contributed by atoms with van der Waals surface area (Å²) in [4.78, 5) is 22.6. The van der Waals surface area contributed by atoms with Gasteiger partial charge in [0.2, 0.25) is 0 Å². The van der Waals surface area contributed by atoms with Crippen LogP contribution in [-0.2, 0) is 9.53 Å². The first-order chi connectivity index (χ1) is 7.95. The fourth-order valence-electron chi connectivity index (χ4n) is 1.18. The third kappa shape index (κ3) is 3.21. The van der Waals surface area contributed by atoms with Crippen molar-refractivity contribution in [2.24, 2.45) is 0 Å². The molecule has 0 saturated heterocycles. The number of Topliss-reactive ketones (excluding diaryl/α,β-unsaturated/α-hetero) is 1. The number of carbonyl (C=O) groups is 2. The molecule has 5 heteroatoms. The van der Waals surface area contributed by atoms with Crippen LogP contribution < -0.4 is 0 Å². The van der Waals surface area contributed by atoms with Crippen LogP contribution in [0.5, 0.6) is 0 Å². The van der Waals surface area contributed by atoms with Crippen LogP contribution in [0.2, 0.25) is 0 Å². The largest absolute Gasteiger partial charge is 0.466 e.